The summed E-state index contributed by atoms with van der Waals surface area (Å²) in [7, 11) is -4.35. The van der Waals surface area contributed by atoms with Gasteiger partial charge in [0.1, 0.15) is 0 Å². The Morgan fingerprint density at radius 2 is 2.08 bits per heavy atom. The lowest BCUT2D eigenvalue weighted by molar-refractivity contribution is 0.246. The molecule has 78 valence electrons. The normalized spacial score (nSPS) is 16.2. The summed E-state index contributed by atoms with van der Waals surface area (Å²) in [4.78, 5) is 10.3. The molecule has 2 atom stereocenters. The maximum absolute atomic E-state index is 10.6. The first kappa shape index (κ1) is 12.1. The summed E-state index contributed by atoms with van der Waals surface area (Å²) in [6.07, 6.45) is -0.0955. The van der Waals surface area contributed by atoms with E-state index in [2.05, 4.69) is 0 Å². The molecular weight excluding hydrogens is 198 g/mol. The molecular formula is C5H13N3O4S. The van der Waals surface area contributed by atoms with E-state index in [1.165, 1.54) is 0 Å². The summed E-state index contributed by atoms with van der Waals surface area (Å²) in [5.41, 5.74) is 10.00. The summed E-state index contributed by atoms with van der Waals surface area (Å²) in [6, 6.07) is -1.50. The van der Waals surface area contributed by atoms with Crippen LogP contribution in [0.4, 0.5) is 4.79 Å². The first-order chi connectivity index (χ1) is 5.73. The second-order valence-electron chi connectivity index (χ2n) is 2.73. The van der Waals surface area contributed by atoms with Crippen LogP contribution in [0.15, 0.2) is 0 Å². The van der Waals surface area contributed by atoms with Gasteiger partial charge in [-0.2, -0.15) is 8.42 Å². The summed E-state index contributed by atoms with van der Waals surface area (Å²) in [5, 5.41) is 0.432. The Morgan fingerprint density at radius 1 is 1.62 bits per heavy atom. The molecule has 0 aliphatic heterocycles. The van der Waals surface area contributed by atoms with Gasteiger partial charge in [-0.3, -0.25) is 4.55 Å². The fourth-order valence-corrected chi connectivity index (χ4v) is 1.56. The van der Waals surface area contributed by atoms with Crippen LogP contribution >= 0.6 is 0 Å². The highest BCUT2D eigenvalue weighted by atomic mass is 32.2. The van der Waals surface area contributed by atoms with Crippen LogP contribution in [0.3, 0.4) is 0 Å². The highest BCUT2D eigenvalue weighted by Gasteiger charge is 2.24. The van der Waals surface area contributed by atoms with E-state index in [4.69, 9.17) is 16.0 Å². The largest absolute Gasteiger partial charge is 0.352 e. The molecule has 7 nitrogen and oxygen atoms in total. The summed E-state index contributed by atoms with van der Waals surface area (Å²) in [5.74, 6) is 0. The molecule has 0 heterocycles. The molecule has 6 N–H and O–H groups in total. The van der Waals surface area contributed by atoms with Crippen molar-refractivity contribution < 1.29 is 17.8 Å². The Kier molecular flexibility index (Phi) is 4.11. The zero-order chi connectivity index (χ0) is 10.6. The molecule has 0 aromatic heterocycles. The number of hydrogen-bond acceptors (Lipinski definition) is 4. The maximum atomic E-state index is 10.6. The highest BCUT2D eigenvalue weighted by molar-refractivity contribution is 7.86. The number of carbonyl (C=O) groups is 1. The third kappa shape index (κ3) is 5.39. The van der Waals surface area contributed by atoms with Gasteiger partial charge in [-0.25, -0.2) is 4.79 Å². The number of urea groups is 1. The Bertz CT molecular complexity index is 274. The molecule has 0 rings (SSSR count). The topological polar surface area (TPSA) is 136 Å². The van der Waals surface area contributed by atoms with Crippen molar-refractivity contribution in [2.24, 2.45) is 11.5 Å². The fourth-order valence-electron chi connectivity index (χ4n) is 0.751. The minimum absolute atomic E-state index is 0.0955. The van der Waals surface area contributed by atoms with Crippen LogP contribution in [0.5, 0.6) is 0 Å². The number of rotatable bonds is 4. The first-order valence-electron chi connectivity index (χ1n) is 3.51. The minimum atomic E-state index is -4.35. The molecule has 0 aliphatic rings. The number of carbonyl (C=O) groups excluding carboxylic acids is 1. The van der Waals surface area contributed by atoms with Crippen molar-refractivity contribution in [3.8, 4) is 0 Å². The lowest BCUT2D eigenvalue weighted by Gasteiger charge is -2.15. The van der Waals surface area contributed by atoms with Crippen LogP contribution in [0.25, 0.3) is 0 Å². The molecule has 0 fully saturated rings. The highest BCUT2D eigenvalue weighted by Crippen LogP contribution is 2.02. The Labute approximate surface area is 76.2 Å². The number of primary amides is 1. The second-order valence-corrected chi connectivity index (χ2v) is 4.32. The van der Waals surface area contributed by atoms with E-state index in [0.717, 1.165) is 0 Å². The van der Waals surface area contributed by atoms with Crippen molar-refractivity contribution in [2.75, 3.05) is 0 Å². The van der Waals surface area contributed by atoms with Crippen LogP contribution in [-0.4, -0.2) is 30.4 Å². The standard InChI is InChI=1S/C5H13N3O4S/c1-3(6)2-4(8-5(7)9)13(10,11)12/h3-4H,2,6H2,1H3,(H3,7,8,9)(H,10,11,12). The van der Waals surface area contributed by atoms with Crippen LogP contribution in [-0.2, 0) is 10.1 Å². The van der Waals surface area contributed by atoms with E-state index in [-0.39, 0.29) is 6.42 Å². The van der Waals surface area contributed by atoms with E-state index < -0.39 is 27.6 Å². The molecule has 0 aromatic rings. The molecule has 2 amide bonds. The van der Waals surface area contributed by atoms with Crippen molar-refractivity contribution in [2.45, 2.75) is 24.8 Å². The van der Waals surface area contributed by atoms with Crippen molar-refractivity contribution in [1.82, 2.24) is 5.32 Å². The SMILES string of the molecule is CC(N)CC(NC(N)=O)S(=O)(=O)O. The summed E-state index contributed by atoms with van der Waals surface area (Å²) >= 11 is 0. The van der Waals surface area contributed by atoms with Gasteiger partial charge in [0, 0.05) is 6.04 Å². The van der Waals surface area contributed by atoms with Gasteiger partial charge >= 0.3 is 6.03 Å². The van der Waals surface area contributed by atoms with Crippen molar-refractivity contribution in [3.05, 3.63) is 0 Å². The van der Waals surface area contributed by atoms with Crippen LogP contribution < -0.4 is 16.8 Å². The molecule has 0 radical (unpaired) electrons. The Balaban J connectivity index is 4.47. The van der Waals surface area contributed by atoms with Crippen LogP contribution in [0, 0.1) is 0 Å². The van der Waals surface area contributed by atoms with E-state index in [1.54, 1.807) is 6.92 Å². The average Bonchev–Trinajstić information content (AvgIpc) is 1.81. The first-order valence-corrected chi connectivity index (χ1v) is 5.01. The van der Waals surface area contributed by atoms with Crippen LogP contribution in [0.1, 0.15) is 13.3 Å². The van der Waals surface area contributed by atoms with Gasteiger partial charge in [-0.1, -0.05) is 0 Å². The van der Waals surface area contributed by atoms with Gasteiger partial charge in [-0.05, 0) is 13.3 Å². The van der Waals surface area contributed by atoms with Crippen LogP contribution in [0.2, 0.25) is 0 Å². The zero-order valence-electron chi connectivity index (χ0n) is 7.10. The molecule has 8 heteroatoms. The van der Waals surface area contributed by atoms with E-state index >= 15 is 0 Å². The molecule has 13 heavy (non-hydrogen) atoms. The number of nitrogens with one attached hydrogen (secondary N) is 1. The molecule has 0 saturated carbocycles. The monoisotopic (exact) mass is 211 g/mol. The van der Waals surface area contributed by atoms with Gasteiger partial charge in [0.15, 0.2) is 5.37 Å². The minimum Gasteiger partial charge on any atom is -0.352 e. The maximum Gasteiger partial charge on any atom is 0.313 e. The van der Waals surface area contributed by atoms with Gasteiger partial charge in [0.05, 0.1) is 0 Å². The third-order valence-electron chi connectivity index (χ3n) is 1.25. The average molecular weight is 211 g/mol. The zero-order valence-corrected chi connectivity index (χ0v) is 7.91. The Morgan fingerprint density at radius 3 is 2.31 bits per heavy atom. The third-order valence-corrected chi connectivity index (χ3v) is 2.28. The smallest absolute Gasteiger partial charge is 0.313 e. The van der Waals surface area contributed by atoms with Gasteiger partial charge in [0.25, 0.3) is 10.1 Å². The van der Waals surface area contributed by atoms with Crippen molar-refractivity contribution in [3.63, 3.8) is 0 Å². The van der Waals surface area contributed by atoms with Gasteiger partial charge < -0.3 is 16.8 Å². The lowest BCUT2D eigenvalue weighted by atomic mass is 10.2. The number of hydrogen-bond donors (Lipinski definition) is 4. The lowest BCUT2D eigenvalue weighted by Crippen LogP contribution is -2.45. The number of amides is 2. The van der Waals surface area contributed by atoms with Gasteiger partial charge in [-0.15, -0.1) is 0 Å². The quantitative estimate of drug-likeness (QED) is 0.424. The summed E-state index contributed by atoms with van der Waals surface area (Å²) < 4.78 is 29.9. The molecule has 0 bridgehead atoms. The van der Waals surface area contributed by atoms with Crippen molar-refractivity contribution >= 4 is 16.1 Å². The summed E-state index contributed by atoms with van der Waals surface area (Å²) in [6.45, 7) is 1.54. The molecule has 0 aromatic carbocycles. The van der Waals surface area contributed by atoms with Gasteiger partial charge in [0.2, 0.25) is 0 Å². The molecule has 0 saturated heterocycles. The fraction of sp³-hybridized carbons (Fsp3) is 0.800. The molecule has 0 spiro atoms. The van der Waals surface area contributed by atoms with E-state index in [0.29, 0.717) is 0 Å². The van der Waals surface area contributed by atoms with Crippen molar-refractivity contribution in [1.29, 1.82) is 0 Å². The number of nitrogens with two attached hydrogens (primary N) is 2. The predicted octanol–water partition coefficient (Wildman–Crippen LogP) is -1.39. The van der Waals surface area contributed by atoms with E-state index in [9.17, 15) is 13.2 Å². The molecule has 2 unspecified atom stereocenters. The predicted molar refractivity (Wildman–Crippen MR) is 46.3 cm³/mol. The second kappa shape index (κ2) is 4.40. The Hall–Kier alpha value is -0.860. The molecule has 0 aliphatic carbocycles. The van der Waals surface area contributed by atoms with E-state index in [1.807, 2.05) is 5.32 Å².